The van der Waals surface area contributed by atoms with Crippen molar-refractivity contribution in [1.29, 1.82) is 0 Å². The predicted octanol–water partition coefficient (Wildman–Crippen LogP) is 5.16. The molecule has 0 aliphatic rings. The summed E-state index contributed by atoms with van der Waals surface area (Å²) in [4.78, 5) is 12.7. The molecule has 0 aliphatic carbocycles. The van der Waals surface area contributed by atoms with E-state index in [-0.39, 0.29) is 10.6 Å². The van der Waals surface area contributed by atoms with Gasteiger partial charge in [0.15, 0.2) is 11.5 Å². The second-order valence-corrected chi connectivity index (χ2v) is 10.3. The zero-order valence-corrected chi connectivity index (χ0v) is 22.6. The van der Waals surface area contributed by atoms with Gasteiger partial charge in [-0.3, -0.25) is 9.10 Å². The number of nitrogens with zero attached hydrogens (tertiary/aromatic N) is 2. The highest BCUT2D eigenvalue weighted by molar-refractivity contribution is 7.92. The van der Waals surface area contributed by atoms with E-state index in [4.69, 9.17) is 9.47 Å². The summed E-state index contributed by atoms with van der Waals surface area (Å²) in [6.07, 6.45) is -4.31. The molecule has 0 spiro atoms. The molecular weight excluding hydrogens is 535 g/mol. The predicted molar refractivity (Wildman–Crippen MR) is 142 cm³/mol. The number of amides is 1. The smallest absolute Gasteiger partial charge is 0.416 e. The number of sulfonamides is 1. The molecular formula is C27H28F3N3O5S. The van der Waals surface area contributed by atoms with Crippen molar-refractivity contribution in [3.63, 3.8) is 0 Å². The van der Waals surface area contributed by atoms with Gasteiger partial charge in [0.2, 0.25) is 0 Å². The molecule has 39 heavy (non-hydrogen) atoms. The summed E-state index contributed by atoms with van der Waals surface area (Å²) in [6, 6.07) is 14.6. The quantitative estimate of drug-likeness (QED) is 0.272. The number of anilines is 1. The Morgan fingerprint density at radius 3 is 2.23 bits per heavy atom. The molecule has 0 radical (unpaired) electrons. The minimum Gasteiger partial charge on any atom is -0.493 e. The van der Waals surface area contributed by atoms with Crippen molar-refractivity contribution >= 4 is 27.3 Å². The van der Waals surface area contributed by atoms with E-state index in [0.717, 1.165) is 17.7 Å². The van der Waals surface area contributed by atoms with Crippen molar-refractivity contribution in [3.8, 4) is 11.5 Å². The Morgan fingerprint density at radius 2 is 1.64 bits per heavy atom. The molecule has 0 saturated heterocycles. The van der Waals surface area contributed by atoms with Crippen molar-refractivity contribution in [2.75, 3.05) is 25.1 Å². The van der Waals surface area contributed by atoms with Crippen LogP contribution in [0.1, 0.15) is 30.0 Å². The fraction of sp³-hybridized carbons (Fsp3) is 0.259. The molecule has 12 heteroatoms. The summed E-state index contributed by atoms with van der Waals surface area (Å²) in [5, 5.41) is 4.13. The van der Waals surface area contributed by atoms with Gasteiger partial charge in [0, 0.05) is 5.56 Å². The molecule has 0 fully saturated rings. The number of alkyl halides is 3. The number of benzene rings is 3. The highest BCUT2D eigenvalue weighted by Gasteiger charge is 2.33. The average molecular weight is 564 g/mol. The lowest BCUT2D eigenvalue weighted by molar-refractivity contribution is -0.137. The van der Waals surface area contributed by atoms with Crippen LogP contribution in [0.4, 0.5) is 18.9 Å². The van der Waals surface area contributed by atoms with E-state index in [1.807, 2.05) is 0 Å². The molecule has 0 atom stereocenters. The summed E-state index contributed by atoms with van der Waals surface area (Å²) >= 11 is 0. The number of halogens is 3. The number of aryl methyl sites for hydroxylation is 1. The Bertz CT molecular complexity index is 1460. The van der Waals surface area contributed by atoms with Crippen LogP contribution in [0.25, 0.3) is 0 Å². The summed E-state index contributed by atoms with van der Waals surface area (Å²) in [5.41, 5.74) is 2.82. The van der Waals surface area contributed by atoms with Crippen LogP contribution < -0.4 is 19.2 Å². The van der Waals surface area contributed by atoms with Gasteiger partial charge in [0.1, 0.15) is 6.54 Å². The van der Waals surface area contributed by atoms with Gasteiger partial charge in [0.25, 0.3) is 15.9 Å². The first-order valence-corrected chi connectivity index (χ1v) is 13.2. The molecule has 0 aliphatic heterocycles. The number of rotatable bonds is 10. The average Bonchev–Trinajstić information content (AvgIpc) is 2.91. The van der Waals surface area contributed by atoms with Crippen LogP contribution in [0.2, 0.25) is 0 Å². The molecule has 1 amide bonds. The lowest BCUT2D eigenvalue weighted by Crippen LogP contribution is -2.40. The fourth-order valence-corrected chi connectivity index (χ4v) is 5.06. The maximum Gasteiger partial charge on any atom is 0.416 e. The number of hydrazone groups is 1. The Labute approximate surface area is 225 Å². The van der Waals surface area contributed by atoms with E-state index in [1.165, 1.54) is 32.4 Å². The van der Waals surface area contributed by atoms with E-state index in [1.54, 1.807) is 44.2 Å². The summed E-state index contributed by atoms with van der Waals surface area (Å²) < 4.78 is 78.3. The molecule has 0 unspecified atom stereocenters. The Hall–Kier alpha value is -4.06. The van der Waals surface area contributed by atoms with Crippen LogP contribution in [0, 0.1) is 6.92 Å². The number of hydrogen-bond donors (Lipinski definition) is 1. The van der Waals surface area contributed by atoms with Crippen LogP contribution >= 0.6 is 0 Å². The van der Waals surface area contributed by atoms with Gasteiger partial charge in [-0.25, -0.2) is 13.8 Å². The molecule has 3 aromatic carbocycles. The van der Waals surface area contributed by atoms with Crippen LogP contribution in [0.3, 0.4) is 0 Å². The number of hydrogen-bond acceptors (Lipinski definition) is 6. The van der Waals surface area contributed by atoms with Gasteiger partial charge in [0.05, 0.1) is 36.1 Å². The van der Waals surface area contributed by atoms with Crippen molar-refractivity contribution in [3.05, 3.63) is 83.4 Å². The van der Waals surface area contributed by atoms with Crippen molar-refractivity contribution in [2.24, 2.45) is 5.10 Å². The SMILES string of the molecule is CC/C(=N/NC(=O)CN(c1cccc(C(F)(F)F)c1)S(=O)(=O)c1ccc(C)cc1)c1ccc(OC)c(OC)c1. The van der Waals surface area contributed by atoms with Gasteiger partial charge >= 0.3 is 6.18 Å². The molecule has 208 valence electrons. The number of carbonyl (C=O) groups excluding carboxylic acids is 1. The number of nitrogens with one attached hydrogen (secondary N) is 1. The van der Waals surface area contributed by atoms with E-state index in [9.17, 15) is 26.4 Å². The van der Waals surface area contributed by atoms with Crippen molar-refractivity contribution < 1.29 is 35.9 Å². The van der Waals surface area contributed by atoms with Crippen molar-refractivity contribution in [2.45, 2.75) is 31.3 Å². The molecule has 1 N–H and O–H groups in total. The first kappa shape index (κ1) is 29.5. The number of ether oxygens (including phenoxy) is 2. The maximum absolute atomic E-state index is 13.5. The number of methoxy groups -OCH3 is 2. The van der Waals surface area contributed by atoms with Gasteiger partial charge in [-0.1, -0.05) is 30.7 Å². The van der Waals surface area contributed by atoms with Gasteiger partial charge in [-0.05, 0) is 61.9 Å². The molecule has 0 bridgehead atoms. The normalized spacial score (nSPS) is 12.1. The fourth-order valence-electron chi connectivity index (χ4n) is 3.65. The minimum absolute atomic E-state index is 0.179. The molecule has 8 nitrogen and oxygen atoms in total. The minimum atomic E-state index is -4.71. The van der Waals surface area contributed by atoms with E-state index in [0.29, 0.717) is 39.6 Å². The van der Waals surface area contributed by atoms with Gasteiger partial charge < -0.3 is 9.47 Å². The molecule has 0 aromatic heterocycles. The third kappa shape index (κ3) is 7.08. The highest BCUT2D eigenvalue weighted by atomic mass is 32.2. The van der Waals surface area contributed by atoms with Crippen LogP contribution in [-0.2, 0) is 21.0 Å². The second kappa shape index (κ2) is 12.2. The maximum atomic E-state index is 13.5. The van der Waals surface area contributed by atoms with E-state index < -0.39 is 34.2 Å². The molecule has 0 saturated carbocycles. The zero-order chi connectivity index (χ0) is 28.8. The Balaban J connectivity index is 1.96. The third-order valence-corrected chi connectivity index (χ3v) is 7.51. The number of carbonyl (C=O) groups is 1. The summed E-state index contributed by atoms with van der Waals surface area (Å²) in [6.45, 7) is 2.75. The Kier molecular flexibility index (Phi) is 9.23. The molecule has 3 rings (SSSR count). The standard InChI is InChI=1S/C27H28F3N3O5S/c1-5-23(19-11-14-24(37-3)25(15-19)38-4)31-32-26(34)17-33(21-8-6-7-20(16-21)27(28,29)30)39(35,36)22-12-9-18(2)10-13-22/h6-16H,5,17H2,1-4H3,(H,32,34)/b31-23-. The van der Waals surface area contributed by atoms with E-state index >= 15 is 0 Å². The zero-order valence-electron chi connectivity index (χ0n) is 21.7. The molecule has 3 aromatic rings. The summed E-state index contributed by atoms with van der Waals surface area (Å²) in [5.74, 6) is 0.0932. The first-order valence-electron chi connectivity index (χ1n) is 11.7. The lowest BCUT2D eigenvalue weighted by Gasteiger charge is -2.24. The summed E-state index contributed by atoms with van der Waals surface area (Å²) in [7, 11) is -1.45. The van der Waals surface area contributed by atoms with Crippen LogP contribution in [0.5, 0.6) is 11.5 Å². The third-order valence-electron chi connectivity index (χ3n) is 5.72. The van der Waals surface area contributed by atoms with E-state index in [2.05, 4.69) is 10.5 Å². The topological polar surface area (TPSA) is 97.3 Å². The largest absolute Gasteiger partial charge is 0.493 e. The first-order chi connectivity index (χ1) is 18.4. The lowest BCUT2D eigenvalue weighted by atomic mass is 10.1. The highest BCUT2D eigenvalue weighted by Crippen LogP contribution is 2.33. The second-order valence-electron chi connectivity index (χ2n) is 8.39. The van der Waals surface area contributed by atoms with Crippen LogP contribution in [0.15, 0.2) is 76.7 Å². The monoisotopic (exact) mass is 563 g/mol. The van der Waals surface area contributed by atoms with Crippen LogP contribution in [-0.4, -0.2) is 40.8 Å². The van der Waals surface area contributed by atoms with Gasteiger partial charge in [-0.15, -0.1) is 0 Å². The van der Waals surface area contributed by atoms with Gasteiger partial charge in [-0.2, -0.15) is 18.3 Å². The Morgan fingerprint density at radius 1 is 0.974 bits per heavy atom. The van der Waals surface area contributed by atoms with Crippen molar-refractivity contribution in [1.82, 2.24) is 5.43 Å². The molecule has 0 heterocycles.